The molecule has 0 fully saturated rings. The number of anilines is 1. The number of amides is 1. The van der Waals surface area contributed by atoms with Gasteiger partial charge in [-0.3, -0.25) is 4.79 Å². The highest BCUT2D eigenvalue weighted by molar-refractivity contribution is 6.34. The lowest BCUT2D eigenvalue weighted by molar-refractivity contribution is 0.102. The molecule has 2 aromatic carbocycles. The van der Waals surface area contributed by atoms with E-state index < -0.39 is 0 Å². The number of carbonyl (C=O) groups is 1. The Bertz CT molecular complexity index is 1110. The van der Waals surface area contributed by atoms with Crippen molar-refractivity contribution in [2.75, 3.05) is 12.4 Å². The van der Waals surface area contributed by atoms with Crippen molar-refractivity contribution in [3.63, 3.8) is 0 Å². The molecule has 0 saturated heterocycles. The van der Waals surface area contributed by atoms with Crippen molar-refractivity contribution in [3.05, 3.63) is 71.4 Å². The van der Waals surface area contributed by atoms with Gasteiger partial charge in [0.2, 0.25) is 5.89 Å². The van der Waals surface area contributed by atoms with Gasteiger partial charge in [-0.15, -0.1) is 0 Å². The fraction of sp³-hybridized carbons (Fsp3) is 0.0500. The van der Waals surface area contributed by atoms with E-state index in [1.165, 1.54) is 0 Å². The second-order valence-corrected chi connectivity index (χ2v) is 6.13. The SMILES string of the molecule is COc1cccc(C(=O)Nc2cc(-c3nc4ncccc4o3)ccc2Cl)c1. The minimum absolute atomic E-state index is 0.299. The molecule has 0 aliphatic heterocycles. The van der Waals surface area contributed by atoms with Crippen LogP contribution in [0.3, 0.4) is 0 Å². The largest absolute Gasteiger partial charge is 0.497 e. The van der Waals surface area contributed by atoms with E-state index in [-0.39, 0.29) is 5.91 Å². The van der Waals surface area contributed by atoms with Gasteiger partial charge in [-0.1, -0.05) is 17.7 Å². The number of nitrogens with one attached hydrogen (secondary N) is 1. The number of aromatic nitrogens is 2. The molecule has 0 spiro atoms. The Morgan fingerprint density at radius 2 is 2.04 bits per heavy atom. The molecule has 134 valence electrons. The molecule has 1 N–H and O–H groups in total. The fourth-order valence-electron chi connectivity index (χ4n) is 2.61. The second-order valence-electron chi connectivity index (χ2n) is 5.72. The normalized spacial score (nSPS) is 10.7. The zero-order valence-corrected chi connectivity index (χ0v) is 15.0. The Balaban J connectivity index is 1.65. The number of rotatable bonds is 4. The molecule has 0 aliphatic carbocycles. The van der Waals surface area contributed by atoms with E-state index in [0.29, 0.717) is 44.7 Å². The van der Waals surface area contributed by atoms with E-state index in [4.69, 9.17) is 20.8 Å². The van der Waals surface area contributed by atoms with Crippen LogP contribution in [0.1, 0.15) is 10.4 Å². The molecular weight excluding hydrogens is 366 g/mol. The molecular formula is C20H14ClN3O3. The Hall–Kier alpha value is -3.38. The third kappa shape index (κ3) is 3.47. The Morgan fingerprint density at radius 3 is 2.85 bits per heavy atom. The van der Waals surface area contributed by atoms with Crippen molar-refractivity contribution < 1.29 is 13.9 Å². The van der Waals surface area contributed by atoms with Crippen LogP contribution in [0.2, 0.25) is 5.02 Å². The topological polar surface area (TPSA) is 77.2 Å². The number of nitrogens with zero attached hydrogens (tertiary/aromatic N) is 2. The first-order valence-electron chi connectivity index (χ1n) is 8.11. The lowest BCUT2D eigenvalue weighted by Gasteiger charge is -2.09. The van der Waals surface area contributed by atoms with Gasteiger partial charge in [-0.2, -0.15) is 4.98 Å². The summed E-state index contributed by atoms with van der Waals surface area (Å²) < 4.78 is 10.9. The predicted molar refractivity (Wildman–Crippen MR) is 103 cm³/mol. The number of halogens is 1. The summed E-state index contributed by atoms with van der Waals surface area (Å²) in [5, 5.41) is 3.22. The molecule has 27 heavy (non-hydrogen) atoms. The molecule has 0 radical (unpaired) electrons. The van der Waals surface area contributed by atoms with Crippen LogP contribution in [0.25, 0.3) is 22.7 Å². The van der Waals surface area contributed by atoms with Crippen LogP contribution in [0.4, 0.5) is 5.69 Å². The molecule has 0 unspecified atom stereocenters. The van der Waals surface area contributed by atoms with Crippen LogP contribution in [0.15, 0.2) is 65.2 Å². The number of benzene rings is 2. The van der Waals surface area contributed by atoms with Crippen molar-refractivity contribution in [3.8, 4) is 17.2 Å². The van der Waals surface area contributed by atoms with Crippen LogP contribution in [-0.2, 0) is 0 Å². The summed E-state index contributed by atoms with van der Waals surface area (Å²) in [5.74, 6) is 0.700. The average molecular weight is 380 g/mol. The van der Waals surface area contributed by atoms with Gasteiger partial charge in [0.05, 0.1) is 17.8 Å². The highest BCUT2D eigenvalue weighted by atomic mass is 35.5. The molecule has 0 atom stereocenters. The summed E-state index contributed by atoms with van der Waals surface area (Å²) in [6.45, 7) is 0. The summed E-state index contributed by atoms with van der Waals surface area (Å²) in [4.78, 5) is 21.1. The highest BCUT2D eigenvalue weighted by Gasteiger charge is 2.14. The lowest BCUT2D eigenvalue weighted by Crippen LogP contribution is -2.12. The molecule has 2 heterocycles. The first-order chi connectivity index (χ1) is 13.1. The van der Waals surface area contributed by atoms with Gasteiger partial charge in [0.15, 0.2) is 11.2 Å². The summed E-state index contributed by atoms with van der Waals surface area (Å²) in [7, 11) is 1.55. The summed E-state index contributed by atoms with van der Waals surface area (Å²) in [6.07, 6.45) is 1.65. The van der Waals surface area contributed by atoms with E-state index >= 15 is 0 Å². The van der Waals surface area contributed by atoms with Crippen molar-refractivity contribution in [2.45, 2.75) is 0 Å². The molecule has 7 heteroatoms. The maximum absolute atomic E-state index is 12.5. The number of hydrogen-bond acceptors (Lipinski definition) is 5. The van der Waals surface area contributed by atoms with Gasteiger partial charge in [0, 0.05) is 17.3 Å². The highest BCUT2D eigenvalue weighted by Crippen LogP contribution is 2.30. The smallest absolute Gasteiger partial charge is 0.255 e. The van der Waals surface area contributed by atoms with Gasteiger partial charge in [0.1, 0.15) is 5.75 Å². The first-order valence-corrected chi connectivity index (χ1v) is 8.49. The standard InChI is InChI=1S/C20H14ClN3O3/c1-26-14-5-2-4-12(10-14)19(25)23-16-11-13(7-8-15(16)21)20-24-18-17(27-20)6-3-9-22-18/h2-11H,1H3,(H,23,25). The van der Waals surface area contributed by atoms with Gasteiger partial charge < -0.3 is 14.5 Å². The van der Waals surface area contributed by atoms with E-state index in [1.807, 2.05) is 0 Å². The van der Waals surface area contributed by atoms with Crippen LogP contribution >= 0.6 is 11.6 Å². The van der Waals surface area contributed by atoms with Crippen LogP contribution < -0.4 is 10.1 Å². The van der Waals surface area contributed by atoms with E-state index in [9.17, 15) is 4.79 Å². The number of hydrogen-bond donors (Lipinski definition) is 1. The predicted octanol–water partition coefficient (Wildman–Crippen LogP) is 4.80. The van der Waals surface area contributed by atoms with E-state index in [0.717, 1.165) is 0 Å². The molecule has 2 aromatic heterocycles. The van der Waals surface area contributed by atoms with Crippen LogP contribution in [0.5, 0.6) is 5.75 Å². The Kier molecular flexibility index (Phi) is 4.48. The van der Waals surface area contributed by atoms with E-state index in [2.05, 4.69) is 15.3 Å². The summed E-state index contributed by atoms with van der Waals surface area (Å²) >= 11 is 6.25. The monoisotopic (exact) mass is 379 g/mol. The molecule has 0 bridgehead atoms. The van der Waals surface area contributed by atoms with Gasteiger partial charge >= 0.3 is 0 Å². The Labute approximate surface area is 159 Å². The van der Waals surface area contributed by atoms with E-state index in [1.54, 1.807) is 67.9 Å². The minimum atomic E-state index is -0.299. The third-order valence-corrected chi connectivity index (χ3v) is 4.29. The molecule has 1 amide bonds. The van der Waals surface area contributed by atoms with Crippen molar-refractivity contribution in [2.24, 2.45) is 0 Å². The van der Waals surface area contributed by atoms with Crippen LogP contribution in [0, 0.1) is 0 Å². The third-order valence-electron chi connectivity index (χ3n) is 3.96. The fourth-order valence-corrected chi connectivity index (χ4v) is 2.77. The quantitative estimate of drug-likeness (QED) is 0.551. The minimum Gasteiger partial charge on any atom is -0.497 e. The molecule has 6 nitrogen and oxygen atoms in total. The number of carbonyl (C=O) groups excluding carboxylic acids is 1. The molecule has 0 aliphatic rings. The van der Waals surface area contributed by atoms with Gasteiger partial charge in [-0.25, -0.2) is 4.98 Å². The van der Waals surface area contributed by atoms with Crippen molar-refractivity contribution in [1.29, 1.82) is 0 Å². The lowest BCUT2D eigenvalue weighted by atomic mass is 10.1. The van der Waals surface area contributed by atoms with Crippen molar-refractivity contribution in [1.82, 2.24) is 9.97 Å². The number of fused-ring (bicyclic) bond motifs is 1. The number of methoxy groups -OCH3 is 1. The number of pyridine rings is 1. The maximum atomic E-state index is 12.5. The molecule has 4 aromatic rings. The van der Waals surface area contributed by atoms with Crippen LogP contribution in [-0.4, -0.2) is 23.0 Å². The number of oxazole rings is 1. The second kappa shape index (κ2) is 7.09. The average Bonchev–Trinajstić information content (AvgIpc) is 3.14. The summed E-state index contributed by atoms with van der Waals surface area (Å²) in [6, 6.07) is 15.6. The maximum Gasteiger partial charge on any atom is 0.255 e. The first kappa shape index (κ1) is 17.1. The zero-order chi connectivity index (χ0) is 18.8. The molecule has 4 rings (SSSR count). The zero-order valence-electron chi connectivity index (χ0n) is 14.3. The van der Waals surface area contributed by atoms with Gasteiger partial charge in [0.25, 0.3) is 5.91 Å². The number of ether oxygens (including phenoxy) is 1. The Morgan fingerprint density at radius 1 is 1.15 bits per heavy atom. The van der Waals surface area contributed by atoms with Crippen molar-refractivity contribution >= 4 is 34.4 Å². The molecule has 0 saturated carbocycles. The summed E-state index contributed by atoms with van der Waals surface area (Å²) in [5.41, 5.74) is 2.70. The van der Waals surface area contributed by atoms with Gasteiger partial charge in [-0.05, 0) is 48.5 Å².